The van der Waals surface area contributed by atoms with Crippen molar-refractivity contribution in [1.29, 1.82) is 0 Å². The number of thioether (sulfide) groups is 1. The molecular weight excluding hydrogens is 180 g/mol. The largest absolute Gasteiger partial charge is 0.327 e. The van der Waals surface area contributed by atoms with Crippen LogP contribution in [0.5, 0.6) is 0 Å². The normalized spacial score (nSPS) is 28.4. The molecule has 0 amide bonds. The molecule has 1 heterocycles. The van der Waals surface area contributed by atoms with Gasteiger partial charge in [-0.2, -0.15) is 11.8 Å². The van der Waals surface area contributed by atoms with E-state index in [-0.39, 0.29) is 0 Å². The van der Waals surface area contributed by atoms with Gasteiger partial charge >= 0.3 is 0 Å². The first-order chi connectivity index (χ1) is 6.22. The summed E-state index contributed by atoms with van der Waals surface area (Å²) in [4.78, 5) is 2.53. The van der Waals surface area contributed by atoms with E-state index >= 15 is 0 Å². The van der Waals surface area contributed by atoms with Gasteiger partial charge in [0.15, 0.2) is 0 Å². The quantitative estimate of drug-likeness (QED) is 0.750. The van der Waals surface area contributed by atoms with Crippen molar-refractivity contribution in [2.45, 2.75) is 26.3 Å². The molecule has 13 heavy (non-hydrogen) atoms. The highest BCUT2D eigenvalue weighted by Crippen LogP contribution is 2.15. The highest BCUT2D eigenvalue weighted by atomic mass is 32.2. The minimum Gasteiger partial charge on any atom is -0.327 e. The van der Waals surface area contributed by atoms with Crippen LogP contribution >= 0.6 is 11.8 Å². The Labute approximate surface area is 86.2 Å². The summed E-state index contributed by atoms with van der Waals surface area (Å²) in [6.45, 7) is 8.05. The fourth-order valence-corrected chi connectivity index (χ4v) is 2.75. The summed E-state index contributed by atoms with van der Waals surface area (Å²) >= 11 is 2.08. The molecule has 0 bridgehead atoms. The molecule has 0 aromatic heterocycles. The van der Waals surface area contributed by atoms with E-state index in [2.05, 4.69) is 30.5 Å². The summed E-state index contributed by atoms with van der Waals surface area (Å²) < 4.78 is 0. The lowest BCUT2D eigenvalue weighted by Crippen LogP contribution is -2.39. The first-order valence-corrected chi connectivity index (χ1v) is 6.43. The van der Waals surface area contributed by atoms with Crippen LogP contribution in [0.15, 0.2) is 0 Å². The van der Waals surface area contributed by atoms with E-state index in [1.54, 1.807) is 0 Å². The minimum absolute atomic E-state index is 0.371. The molecule has 3 heteroatoms. The Kier molecular flexibility index (Phi) is 5.14. The third-order valence-corrected chi connectivity index (χ3v) is 3.82. The molecule has 1 aliphatic heterocycles. The van der Waals surface area contributed by atoms with Crippen molar-refractivity contribution in [2.75, 3.05) is 31.1 Å². The molecule has 2 atom stereocenters. The van der Waals surface area contributed by atoms with Crippen LogP contribution in [0.2, 0.25) is 0 Å². The van der Waals surface area contributed by atoms with Crippen molar-refractivity contribution in [1.82, 2.24) is 4.90 Å². The van der Waals surface area contributed by atoms with Crippen LogP contribution in [0.3, 0.4) is 0 Å². The molecule has 1 rings (SSSR count). The van der Waals surface area contributed by atoms with E-state index in [4.69, 9.17) is 5.73 Å². The number of nitrogens with zero attached hydrogens (tertiary/aromatic N) is 1. The van der Waals surface area contributed by atoms with Crippen LogP contribution < -0.4 is 5.73 Å². The Bertz CT molecular complexity index is 141. The van der Waals surface area contributed by atoms with Gasteiger partial charge in [0.1, 0.15) is 0 Å². The van der Waals surface area contributed by atoms with Gasteiger partial charge in [-0.1, -0.05) is 13.8 Å². The summed E-state index contributed by atoms with van der Waals surface area (Å²) in [6, 6.07) is 0.371. The predicted molar refractivity (Wildman–Crippen MR) is 61.2 cm³/mol. The molecule has 2 nitrogen and oxygen atoms in total. The number of hydrogen-bond donors (Lipinski definition) is 1. The molecule has 1 aliphatic rings. The summed E-state index contributed by atoms with van der Waals surface area (Å²) in [5.74, 6) is 3.43. The molecule has 0 spiro atoms. The lowest BCUT2D eigenvalue weighted by Gasteiger charge is -2.24. The summed E-state index contributed by atoms with van der Waals surface area (Å²) in [5, 5.41) is 0. The van der Waals surface area contributed by atoms with Crippen molar-refractivity contribution in [3.05, 3.63) is 0 Å². The van der Waals surface area contributed by atoms with Gasteiger partial charge < -0.3 is 10.6 Å². The van der Waals surface area contributed by atoms with Gasteiger partial charge in [0.2, 0.25) is 0 Å². The molecule has 1 saturated heterocycles. The average Bonchev–Trinajstić information content (AvgIpc) is 2.30. The molecule has 1 unspecified atom stereocenters. The summed E-state index contributed by atoms with van der Waals surface area (Å²) in [6.07, 6.45) is 1.10. The number of nitrogens with two attached hydrogens (primary N) is 1. The molecule has 0 aliphatic carbocycles. The van der Waals surface area contributed by atoms with Crippen molar-refractivity contribution in [3.63, 3.8) is 0 Å². The van der Waals surface area contributed by atoms with E-state index in [0.29, 0.717) is 6.04 Å². The van der Waals surface area contributed by atoms with E-state index in [0.717, 1.165) is 18.9 Å². The van der Waals surface area contributed by atoms with Crippen molar-refractivity contribution in [2.24, 2.45) is 11.7 Å². The van der Waals surface area contributed by atoms with Gasteiger partial charge in [0.25, 0.3) is 0 Å². The smallest absolute Gasteiger partial charge is 0.0165 e. The van der Waals surface area contributed by atoms with Crippen LogP contribution in [0.4, 0.5) is 0 Å². The SMILES string of the molecule is CC[C@@H](N)CN1CCSCC(C)C1. The average molecular weight is 202 g/mol. The Morgan fingerprint density at radius 1 is 1.62 bits per heavy atom. The Morgan fingerprint density at radius 3 is 3.08 bits per heavy atom. The Balaban J connectivity index is 2.30. The molecule has 2 N–H and O–H groups in total. The molecule has 0 radical (unpaired) electrons. The second-order valence-corrected chi connectivity index (χ2v) is 5.26. The second-order valence-electron chi connectivity index (χ2n) is 4.11. The van der Waals surface area contributed by atoms with Crippen molar-refractivity contribution < 1.29 is 0 Å². The predicted octanol–water partition coefficient (Wildman–Crippen LogP) is 1.41. The van der Waals surface area contributed by atoms with Gasteiger partial charge in [-0.25, -0.2) is 0 Å². The molecular formula is C10H22N2S. The van der Waals surface area contributed by atoms with Gasteiger partial charge in [0, 0.05) is 31.4 Å². The monoisotopic (exact) mass is 202 g/mol. The van der Waals surface area contributed by atoms with Crippen LogP contribution in [-0.2, 0) is 0 Å². The Hall–Kier alpha value is 0.270. The first kappa shape index (κ1) is 11.3. The van der Waals surface area contributed by atoms with Crippen LogP contribution in [0.1, 0.15) is 20.3 Å². The zero-order valence-electron chi connectivity index (χ0n) is 8.83. The third kappa shape index (κ3) is 4.34. The fourth-order valence-electron chi connectivity index (χ4n) is 1.69. The lowest BCUT2D eigenvalue weighted by molar-refractivity contribution is 0.247. The van der Waals surface area contributed by atoms with Crippen LogP contribution in [0.25, 0.3) is 0 Å². The summed E-state index contributed by atoms with van der Waals surface area (Å²) in [7, 11) is 0. The minimum atomic E-state index is 0.371. The highest BCUT2D eigenvalue weighted by Gasteiger charge is 2.16. The Morgan fingerprint density at radius 2 is 2.38 bits per heavy atom. The second kappa shape index (κ2) is 5.89. The highest BCUT2D eigenvalue weighted by molar-refractivity contribution is 7.99. The molecule has 0 aromatic carbocycles. The van der Waals surface area contributed by atoms with E-state index in [1.807, 2.05) is 0 Å². The van der Waals surface area contributed by atoms with E-state index in [1.165, 1.54) is 24.6 Å². The van der Waals surface area contributed by atoms with Gasteiger partial charge in [-0.15, -0.1) is 0 Å². The van der Waals surface area contributed by atoms with Gasteiger partial charge in [0.05, 0.1) is 0 Å². The molecule has 0 aromatic rings. The maximum Gasteiger partial charge on any atom is 0.0165 e. The topological polar surface area (TPSA) is 29.3 Å². The third-order valence-electron chi connectivity index (χ3n) is 2.54. The molecule has 78 valence electrons. The zero-order valence-corrected chi connectivity index (χ0v) is 9.65. The molecule has 1 fully saturated rings. The zero-order chi connectivity index (χ0) is 9.68. The maximum atomic E-state index is 5.95. The van der Waals surface area contributed by atoms with E-state index < -0.39 is 0 Å². The maximum absolute atomic E-state index is 5.95. The van der Waals surface area contributed by atoms with Crippen molar-refractivity contribution >= 4 is 11.8 Å². The van der Waals surface area contributed by atoms with Crippen molar-refractivity contribution in [3.8, 4) is 0 Å². The van der Waals surface area contributed by atoms with Gasteiger partial charge in [-0.05, 0) is 18.1 Å². The van der Waals surface area contributed by atoms with E-state index in [9.17, 15) is 0 Å². The lowest BCUT2D eigenvalue weighted by atomic mass is 10.1. The van der Waals surface area contributed by atoms with Gasteiger partial charge in [-0.3, -0.25) is 0 Å². The first-order valence-electron chi connectivity index (χ1n) is 5.28. The standard InChI is InChI=1S/C10H22N2S/c1-3-10(11)7-12-4-5-13-8-9(2)6-12/h9-10H,3-8,11H2,1-2H3/t9?,10-/m1/s1. The number of rotatable bonds is 3. The molecule has 0 saturated carbocycles. The fraction of sp³-hybridized carbons (Fsp3) is 1.00. The van der Waals surface area contributed by atoms with Crippen LogP contribution in [0, 0.1) is 5.92 Å². The number of hydrogen-bond acceptors (Lipinski definition) is 3. The van der Waals surface area contributed by atoms with Crippen LogP contribution in [-0.4, -0.2) is 42.1 Å². The summed E-state index contributed by atoms with van der Waals surface area (Å²) in [5.41, 5.74) is 5.95.